The van der Waals surface area contributed by atoms with Crippen LogP contribution in [-0.2, 0) is 4.74 Å². The van der Waals surface area contributed by atoms with Crippen LogP contribution >= 0.6 is 22.6 Å². The van der Waals surface area contributed by atoms with Crippen LogP contribution in [-0.4, -0.2) is 17.0 Å². The molecule has 0 saturated carbocycles. The van der Waals surface area contributed by atoms with Crippen molar-refractivity contribution in [2.24, 2.45) is 0 Å². The van der Waals surface area contributed by atoms with Gasteiger partial charge in [-0.05, 0) is 29.4 Å². The first-order valence-corrected chi connectivity index (χ1v) is 6.15. The van der Waals surface area contributed by atoms with Gasteiger partial charge in [-0.2, -0.15) is 0 Å². The second-order valence-electron chi connectivity index (χ2n) is 2.90. The average molecular weight is 304 g/mol. The number of rotatable bonds is 5. The van der Waals surface area contributed by atoms with Gasteiger partial charge in [0.1, 0.15) is 0 Å². The number of hydrogen-bond acceptors (Lipinski definition) is 2. The highest BCUT2D eigenvalue weighted by Gasteiger charge is 2.04. The SMILES string of the molecule is O=C(OCCCCI)c1ccccc1. The van der Waals surface area contributed by atoms with Gasteiger partial charge in [-0.1, -0.05) is 40.8 Å². The van der Waals surface area contributed by atoms with E-state index in [0.29, 0.717) is 12.2 Å². The smallest absolute Gasteiger partial charge is 0.338 e. The van der Waals surface area contributed by atoms with E-state index in [2.05, 4.69) is 22.6 Å². The normalized spacial score (nSPS) is 9.79. The van der Waals surface area contributed by atoms with E-state index < -0.39 is 0 Å². The molecule has 0 atom stereocenters. The van der Waals surface area contributed by atoms with Crippen LogP contribution < -0.4 is 0 Å². The van der Waals surface area contributed by atoms with Crippen molar-refractivity contribution in [3.05, 3.63) is 35.9 Å². The molecule has 1 aromatic rings. The van der Waals surface area contributed by atoms with Gasteiger partial charge in [0.15, 0.2) is 0 Å². The third kappa shape index (κ3) is 4.09. The van der Waals surface area contributed by atoms with Gasteiger partial charge in [-0.15, -0.1) is 0 Å². The molecule has 14 heavy (non-hydrogen) atoms. The number of benzene rings is 1. The highest BCUT2D eigenvalue weighted by molar-refractivity contribution is 14.1. The molecule has 1 aromatic carbocycles. The molecular weight excluding hydrogens is 291 g/mol. The lowest BCUT2D eigenvalue weighted by Gasteiger charge is -2.03. The fraction of sp³-hybridized carbons (Fsp3) is 0.364. The number of carbonyl (C=O) groups excluding carboxylic acids is 1. The van der Waals surface area contributed by atoms with Crippen LogP contribution in [0.15, 0.2) is 30.3 Å². The monoisotopic (exact) mass is 304 g/mol. The van der Waals surface area contributed by atoms with Crippen LogP contribution in [0.4, 0.5) is 0 Å². The van der Waals surface area contributed by atoms with Gasteiger partial charge in [0.05, 0.1) is 12.2 Å². The molecule has 0 bridgehead atoms. The zero-order chi connectivity index (χ0) is 10.2. The molecule has 76 valence electrons. The number of hydrogen-bond donors (Lipinski definition) is 0. The van der Waals surface area contributed by atoms with Crippen molar-refractivity contribution >= 4 is 28.6 Å². The van der Waals surface area contributed by atoms with Crippen molar-refractivity contribution in [3.63, 3.8) is 0 Å². The molecule has 0 aromatic heterocycles. The molecule has 0 heterocycles. The molecular formula is C11H13IO2. The Bertz CT molecular complexity index is 272. The molecule has 1 rings (SSSR count). The van der Waals surface area contributed by atoms with Crippen LogP contribution in [0.2, 0.25) is 0 Å². The highest BCUT2D eigenvalue weighted by Crippen LogP contribution is 2.02. The van der Waals surface area contributed by atoms with Gasteiger partial charge in [0.2, 0.25) is 0 Å². The van der Waals surface area contributed by atoms with Crippen molar-refractivity contribution in [1.29, 1.82) is 0 Å². The summed E-state index contributed by atoms with van der Waals surface area (Å²) in [6.07, 6.45) is 2.05. The van der Waals surface area contributed by atoms with Gasteiger partial charge in [-0.25, -0.2) is 4.79 Å². The lowest BCUT2D eigenvalue weighted by atomic mass is 10.2. The number of carbonyl (C=O) groups is 1. The lowest BCUT2D eigenvalue weighted by molar-refractivity contribution is 0.0500. The van der Waals surface area contributed by atoms with Crippen LogP contribution in [0, 0.1) is 0 Å². The maximum Gasteiger partial charge on any atom is 0.338 e. The van der Waals surface area contributed by atoms with Crippen molar-refractivity contribution in [3.8, 4) is 0 Å². The lowest BCUT2D eigenvalue weighted by Crippen LogP contribution is -2.06. The van der Waals surface area contributed by atoms with Crippen molar-refractivity contribution in [2.75, 3.05) is 11.0 Å². The van der Waals surface area contributed by atoms with Crippen molar-refractivity contribution < 1.29 is 9.53 Å². The van der Waals surface area contributed by atoms with Crippen molar-refractivity contribution in [2.45, 2.75) is 12.8 Å². The van der Waals surface area contributed by atoms with Crippen molar-refractivity contribution in [1.82, 2.24) is 0 Å². The minimum absolute atomic E-state index is 0.223. The highest BCUT2D eigenvalue weighted by atomic mass is 127. The molecule has 2 nitrogen and oxygen atoms in total. The zero-order valence-electron chi connectivity index (χ0n) is 7.91. The molecule has 0 radical (unpaired) electrons. The van der Waals surface area contributed by atoms with Gasteiger partial charge in [0.25, 0.3) is 0 Å². The summed E-state index contributed by atoms with van der Waals surface area (Å²) in [6.45, 7) is 0.525. The number of esters is 1. The summed E-state index contributed by atoms with van der Waals surface area (Å²) < 4.78 is 6.20. The summed E-state index contributed by atoms with van der Waals surface area (Å²) in [5.74, 6) is -0.223. The minimum Gasteiger partial charge on any atom is -0.462 e. The number of halogens is 1. The maximum atomic E-state index is 11.4. The van der Waals surface area contributed by atoms with E-state index in [0.717, 1.165) is 17.3 Å². The Labute approximate surface area is 97.8 Å². The van der Waals surface area contributed by atoms with Gasteiger partial charge in [0, 0.05) is 0 Å². The Balaban J connectivity index is 2.29. The van der Waals surface area contributed by atoms with Gasteiger partial charge < -0.3 is 4.74 Å². The Kier molecular flexibility index (Phi) is 5.59. The van der Waals surface area contributed by atoms with Gasteiger partial charge >= 0.3 is 5.97 Å². The first-order chi connectivity index (χ1) is 6.84. The summed E-state index contributed by atoms with van der Waals surface area (Å²) >= 11 is 2.32. The van der Waals surface area contributed by atoms with Crippen LogP contribution in [0.25, 0.3) is 0 Å². The Morgan fingerprint density at radius 2 is 1.93 bits per heavy atom. The number of alkyl halides is 1. The second-order valence-corrected chi connectivity index (χ2v) is 3.98. The average Bonchev–Trinajstić information content (AvgIpc) is 2.25. The minimum atomic E-state index is -0.223. The quantitative estimate of drug-likeness (QED) is 0.362. The number of unbranched alkanes of at least 4 members (excludes halogenated alkanes) is 1. The summed E-state index contributed by atoms with van der Waals surface area (Å²) in [5, 5.41) is 0. The Hall–Kier alpha value is -0.580. The molecule has 0 unspecified atom stereocenters. The van der Waals surface area contributed by atoms with Crippen LogP contribution in [0.5, 0.6) is 0 Å². The molecule has 0 aliphatic carbocycles. The largest absolute Gasteiger partial charge is 0.462 e. The summed E-state index contributed by atoms with van der Waals surface area (Å²) in [7, 11) is 0. The predicted octanol–water partition coefficient (Wildman–Crippen LogP) is 3.06. The molecule has 0 fully saturated rings. The first-order valence-electron chi connectivity index (χ1n) is 4.62. The number of ether oxygens (including phenoxy) is 1. The predicted molar refractivity (Wildman–Crippen MR) is 64.8 cm³/mol. The molecule has 0 spiro atoms. The molecule has 3 heteroatoms. The Morgan fingerprint density at radius 1 is 1.21 bits per heavy atom. The standard InChI is InChI=1S/C11H13IO2/c12-8-4-5-9-14-11(13)10-6-2-1-3-7-10/h1-3,6-7H,4-5,8-9H2. The van der Waals surface area contributed by atoms with E-state index in [9.17, 15) is 4.79 Å². The fourth-order valence-corrected chi connectivity index (χ4v) is 1.56. The molecule has 0 N–H and O–H groups in total. The van der Waals surface area contributed by atoms with E-state index in [4.69, 9.17) is 4.74 Å². The summed E-state index contributed by atoms with van der Waals surface area (Å²) in [5.41, 5.74) is 0.627. The maximum absolute atomic E-state index is 11.4. The third-order valence-corrected chi connectivity index (χ3v) is 2.53. The zero-order valence-corrected chi connectivity index (χ0v) is 10.1. The van der Waals surface area contributed by atoms with E-state index in [1.165, 1.54) is 0 Å². The van der Waals surface area contributed by atoms with Crippen LogP contribution in [0.3, 0.4) is 0 Å². The topological polar surface area (TPSA) is 26.3 Å². The van der Waals surface area contributed by atoms with Gasteiger partial charge in [-0.3, -0.25) is 0 Å². The molecule has 0 aliphatic rings. The molecule has 0 aliphatic heterocycles. The fourth-order valence-electron chi connectivity index (χ4n) is 1.02. The Morgan fingerprint density at radius 3 is 2.57 bits per heavy atom. The molecule has 0 saturated heterocycles. The van der Waals surface area contributed by atoms with E-state index >= 15 is 0 Å². The third-order valence-electron chi connectivity index (χ3n) is 1.77. The van der Waals surface area contributed by atoms with E-state index in [1.807, 2.05) is 18.2 Å². The van der Waals surface area contributed by atoms with E-state index in [1.54, 1.807) is 12.1 Å². The second kappa shape index (κ2) is 6.81. The summed E-state index contributed by atoms with van der Waals surface area (Å²) in [4.78, 5) is 11.4. The summed E-state index contributed by atoms with van der Waals surface area (Å²) in [6, 6.07) is 9.08. The van der Waals surface area contributed by atoms with Crippen LogP contribution in [0.1, 0.15) is 23.2 Å². The first kappa shape index (κ1) is 11.5. The molecule has 0 amide bonds. The van der Waals surface area contributed by atoms with E-state index in [-0.39, 0.29) is 5.97 Å².